The average molecular weight is 278 g/mol. The van der Waals surface area contributed by atoms with Crippen molar-refractivity contribution in [2.75, 3.05) is 13.6 Å². The van der Waals surface area contributed by atoms with Crippen LogP contribution in [0.1, 0.15) is 44.4 Å². The molecule has 112 valence electrons. The fourth-order valence-electron chi connectivity index (χ4n) is 1.89. The van der Waals surface area contributed by atoms with Gasteiger partial charge in [-0.1, -0.05) is 19.1 Å². The summed E-state index contributed by atoms with van der Waals surface area (Å²) in [5.74, 6) is 0.697. The van der Waals surface area contributed by atoms with Crippen molar-refractivity contribution in [3.63, 3.8) is 0 Å². The van der Waals surface area contributed by atoms with Gasteiger partial charge < -0.3 is 15.4 Å². The van der Waals surface area contributed by atoms with E-state index in [0.29, 0.717) is 6.54 Å². The van der Waals surface area contributed by atoms with Gasteiger partial charge in [0.1, 0.15) is 5.75 Å². The molecule has 20 heavy (non-hydrogen) atoms. The van der Waals surface area contributed by atoms with E-state index in [2.05, 4.69) is 23.6 Å². The quantitative estimate of drug-likeness (QED) is 0.806. The number of benzene rings is 1. The maximum Gasteiger partial charge on any atom is 0.260 e. The van der Waals surface area contributed by atoms with Gasteiger partial charge in [-0.25, -0.2) is 0 Å². The van der Waals surface area contributed by atoms with Gasteiger partial charge in [0.25, 0.3) is 5.91 Å². The Kier molecular flexibility index (Phi) is 6.52. The summed E-state index contributed by atoms with van der Waals surface area (Å²) >= 11 is 0. The summed E-state index contributed by atoms with van der Waals surface area (Å²) in [7, 11) is 1.91. The second kappa shape index (κ2) is 7.90. The third-order valence-electron chi connectivity index (χ3n) is 3.29. The molecule has 0 aliphatic heterocycles. The van der Waals surface area contributed by atoms with E-state index in [1.165, 1.54) is 0 Å². The van der Waals surface area contributed by atoms with E-state index in [1.807, 2.05) is 33.0 Å². The smallest absolute Gasteiger partial charge is 0.260 e. The molecule has 0 heterocycles. The number of rotatable bonds is 7. The van der Waals surface area contributed by atoms with Gasteiger partial charge in [0, 0.05) is 18.2 Å². The lowest BCUT2D eigenvalue weighted by Gasteiger charge is -2.20. The van der Waals surface area contributed by atoms with Crippen LogP contribution in [0.3, 0.4) is 0 Å². The van der Waals surface area contributed by atoms with Crippen LogP contribution in [0.25, 0.3) is 0 Å². The number of carbonyl (C=O) groups is 1. The summed E-state index contributed by atoms with van der Waals surface area (Å²) in [5, 5.41) is 6.05. The van der Waals surface area contributed by atoms with Gasteiger partial charge in [0.05, 0.1) is 0 Å². The van der Waals surface area contributed by atoms with Crippen LogP contribution in [-0.4, -0.2) is 25.6 Å². The van der Waals surface area contributed by atoms with Gasteiger partial charge in [-0.3, -0.25) is 4.79 Å². The minimum Gasteiger partial charge on any atom is -0.481 e. The van der Waals surface area contributed by atoms with Gasteiger partial charge in [-0.05, 0) is 45.9 Å². The van der Waals surface area contributed by atoms with Crippen LogP contribution in [0.2, 0.25) is 0 Å². The molecule has 2 N–H and O–H groups in total. The normalized spacial score (nSPS) is 13.7. The van der Waals surface area contributed by atoms with E-state index in [9.17, 15) is 4.79 Å². The van der Waals surface area contributed by atoms with Gasteiger partial charge in [-0.15, -0.1) is 0 Å². The van der Waals surface area contributed by atoms with Crippen molar-refractivity contribution >= 4 is 5.91 Å². The number of hydrogen-bond donors (Lipinski definition) is 2. The van der Waals surface area contributed by atoms with Crippen molar-refractivity contribution in [1.82, 2.24) is 10.6 Å². The highest BCUT2D eigenvalue weighted by atomic mass is 16.5. The van der Waals surface area contributed by atoms with E-state index in [1.54, 1.807) is 6.92 Å². The lowest BCUT2D eigenvalue weighted by Crippen LogP contribution is -2.37. The highest BCUT2D eigenvalue weighted by Crippen LogP contribution is 2.27. The van der Waals surface area contributed by atoms with Gasteiger partial charge in [-0.2, -0.15) is 0 Å². The second-order valence-corrected chi connectivity index (χ2v) is 5.10. The molecule has 0 bridgehead atoms. The SMILES string of the molecule is CCCNC(=O)C(C)Oc1cc(C)ccc1C(C)NC. The molecule has 1 aromatic carbocycles. The Hall–Kier alpha value is -1.55. The monoisotopic (exact) mass is 278 g/mol. The van der Waals surface area contributed by atoms with Crippen LogP contribution in [0.15, 0.2) is 18.2 Å². The van der Waals surface area contributed by atoms with Gasteiger partial charge >= 0.3 is 0 Å². The molecule has 2 atom stereocenters. The van der Waals surface area contributed by atoms with Crippen molar-refractivity contribution in [2.24, 2.45) is 0 Å². The van der Waals surface area contributed by atoms with Crippen molar-refractivity contribution in [3.05, 3.63) is 29.3 Å². The maximum absolute atomic E-state index is 11.9. The maximum atomic E-state index is 11.9. The first-order valence-corrected chi connectivity index (χ1v) is 7.21. The highest BCUT2D eigenvalue weighted by molar-refractivity contribution is 5.80. The first-order valence-electron chi connectivity index (χ1n) is 7.21. The molecule has 0 radical (unpaired) electrons. The largest absolute Gasteiger partial charge is 0.481 e. The summed E-state index contributed by atoms with van der Waals surface area (Å²) in [6.07, 6.45) is 0.427. The molecule has 2 unspecified atom stereocenters. The topological polar surface area (TPSA) is 50.4 Å². The Labute approximate surface area is 121 Å². The van der Waals surface area contributed by atoms with E-state index >= 15 is 0 Å². The first-order chi connectivity index (χ1) is 9.49. The van der Waals surface area contributed by atoms with Crippen LogP contribution in [0.4, 0.5) is 0 Å². The third-order valence-corrected chi connectivity index (χ3v) is 3.29. The van der Waals surface area contributed by atoms with E-state index < -0.39 is 6.10 Å². The molecule has 1 rings (SSSR count). The Morgan fingerprint density at radius 1 is 1.35 bits per heavy atom. The molecular weight excluding hydrogens is 252 g/mol. The molecular formula is C16H26N2O2. The number of amides is 1. The summed E-state index contributed by atoms with van der Waals surface area (Å²) in [6, 6.07) is 6.25. The van der Waals surface area contributed by atoms with Crippen LogP contribution in [0.5, 0.6) is 5.75 Å². The summed E-state index contributed by atoms with van der Waals surface area (Å²) in [5.41, 5.74) is 2.18. The molecule has 0 fully saturated rings. The number of nitrogens with one attached hydrogen (secondary N) is 2. The number of carbonyl (C=O) groups excluding carboxylic acids is 1. The predicted octanol–water partition coefficient (Wildman–Crippen LogP) is 2.57. The molecule has 4 nitrogen and oxygen atoms in total. The van der Waals surface area contributed by atoms with Gasteiger partial charge in [0.15, 0.2) is 6.10 Å². The molecule has 4 heteroatoms. The molecule has 0 saturated carbocycles. The Morgan fingerprint density at radius 3 is 2.65 bits per heavy atom. The molecule has 0 spiro atoms. The van der Waals surface area contributed by atoms with Crippen molar-refractivity contribution in [2.45, 2.75) is 46.3 Å². The van der Waals surface area contributed by atoms with Gasteiger partial charge in [0.2, 0.25) is 0 Å². The average Bonchev–Trinajstić information content (AvgIpc) is 2.44. The minimum atomic E-state index is -0.494. The number of ether oxygens (including phenoxy) is 1. The standard InChI is InChI=1S/C16H26N2O2/c1-6-9-18-16(19)13(4)20-15-10-11(2)7-8-14(15)12(3)17-5/h7-8,10,12-13,17H,6,9H2,1-5H3,(H,18,19). The van der Waals surface area contributed by atoms with E-state index in [0.717, 1.165) is 23.3 Å². The third kappa shape index (κ3) is 4.53. The van der Waals surface area contributed by atoms with Crippen molar-refractivity contribution in [1.29, 1.82) is 0 Å². The minimum absolute atomic E-state index is 0.0728. The lowest BCUT2D eigenvalue weighted by molar-refractivity contribution is -0.127. The van der Waals surface area contributed by atoms with E-state index in [4.69, 9.17) is 4.74 Å². The Bertz CT molecular complexity index is 446. The molecule has 0 aliphatic rings. The Balaban J connectivity index is 2.84. The second-order valence-electron chi connectivity index (χ2n) is 5.10. The molecule has 0 aliphatic carbocycles. The predicted molar refractivity (Wildman–Crippen MR) is 82.0 cm³/mol. The molecule has 1 amide bonds. The van der Waals surface area contributed by atoms with Crippen LogP contribution < -0.4 is 15.4 Å². The highest BCUT2D eigenvalue weighted by Gasteiger charge is 2.17. The zero-order chi connectivity index (χ0) is 15.1. The Morgan fingerprint density at radius 2 is 2.05 bits per heavy atom. The molecule has 0 aromatic heterocycles. The number of aryl methyl sites for hydroxylation is 1. The van der Waals surface area contributed by atoms with Crippen LogP contribution in [0, 0.1) is 6.92 Å². The van der Waals surface area contributed by atoms with Crippen molar-refractivity contribution in [3.8, 4) is 5.75 Å². The summed E-state index contributed by atoms with van der Waals surface area (Å²) in [6.45, 7) is 8.57. The fourth-order valence-corrected chi connectivity index (χ4v) is 1.89. The van der Waals surface area contributed by atoms with Crippen LogP contribution in [-0.2, 0) is 4.79 Å². The summed E-state index contributed by atoms with van der Waals surface area (Å²) in [4.78, 5) is 11.9. The van der Waals surface area contributed by atoms with Crippen molar-refractivity contribution < 1.29 is 9.53 Å². The molecule has 1 aromatic rings. The summed E-state index contributed by atoms with van der Waals surface area (Å²) < 4.78 is 5.86. The molecule has 0 saturated heterocycles. The lowest BCUT2D eigenvalue weighted by atomic mass is 10.1. The zero-order valence-electron chi connectivity index (χ0n) is 13.1. The van der Waals surface area contributed by atoms with E-state index in [-0.39, 0.29) is 11.9 Å². The van der Waals surface area contributed by atoms with Crippen LogP contribution >= 0.6 is 0 Å². The first kappa shape index (κ1) is 16.5. The fraction of sp³-hybridized carbons (Fsp3) is 0.562. The number of hydrogen-bond acceptors (Lipinski definition) is 3. The zero-order valence-corrected chi connectivity index (χ0v) is 13.1.